The fraction of sp³-hybridized carbons (Fsp3) is 0.600. The maximum absolute atomic E-state index is 12.5. The SMILES string of the molecule is C[C@H](CC(=O)N1CCN(C(=O)[C@@H]2CCC[C@@H]2O)CC1)c1ccccc1. The van der Waals surface area contributed by atoms with Gasteiger partial charge in [-0.3, -0.25) is 9.59 Å². The third kappa shape index (κ3) is 4.21. The highest BCUT2D eigenvalue weighted by Crippen LogP contribution is 2.28. The fourth-order valence-corrected chi connectivity index (χ4v) is 3.93. The van der Waals surface area contributed by atoms with E-state index in [2.05, 4.69) is 19.1 Å². The highest BCUT2D eigenvalue weighted by molar-refractivity contribution is 5.81. The molecule has 1 heterocycles. The van der Waals surface area contributed by atoms with Crippen LogP contribution in [0.15, 0.2) is 30.3 Å². The van der Waals surface area contributed by atoms with E-state index in [0.29, 0.717) is 32.6 Å². The Morgan fingerprint density at radius 3 is 2.32 bits per heavy atom. The van der Waals surface area contributed by atoms with E-state index in [1.807, 2.05) is 28.0 Å². The minimum atomic E-state index is -0.487. The third-order valence-electron chi connectivity index (χ3n) is 5.59. The van der Waals surface area contributed by atoms with Crippen molar-refractivity contribution in [2.75, 3.05) is 26.2 Å². The van der Waals surface area contributed by atoms with Gasteiger partial charge in [0, 0.05) is 32.6 Å². The van der Waals surface area contributed by atoms with Crippen LogP contribution in [-0.4, -0.2) is 59.0 Å². The van der Waals surface area contributed by atoms with Crippen LogP contribution in [-0.2, 0) is 9.59 Å². The lowest BCUT2D eigenvalue weighted by molar-refractivity contribution is -0.144. The van der Waals surface area contributed by atoms with Crippen molar-refractivity contribution >= 4 is 11.8 Å². The summed E-state index contributed by atoms with van der Waals surface area (Å²) in [7, 11) is 0. The molecule has 1 N–H and O–H groups in total. The predicted octanol–water partition coefficient (Wildman–Crippen LogP) is 2.01. The molecule has 25 heavy (non-hydrogen) atoms. The molecule has 0 aromatic heterocycles. The second-order valence-corrected chi connectivity index (χ2v) is 7.33. The summed E-state index contributed by atoms with van der Waals surface area (Å²) in [5, 5.41) is 9.93. The predicted molar refractivity (Wildman–Crippen MR) is 96.0 cm³/mol. The van der Waals surface area contributed by atoms with Gasteiger partial charge < -0.3 is 14.9 Å². The number of aliphatic hydroxyl groups excluding tert-OH is 1. The summed E-state index contributed by atoms with van der Waals surface area (Å²) in [6.07, 6.45) is 2.45. The normalized spacial score (nSPS) is 25.0. The fourth-order valence-electron chi connectivity index (χ4n) is 3.93. The van der Waals surface area contributed by atoms with Gasteiger partial charge in [-0.15, -0.1) is 0 Å². The van der Waals surface area contributed by atoms with Crippen molar-refractivity contribution in [1.29, 1.82) is 0 Å². The van der Waals surface area contributed by atoms with E-state index in [4.69, 9.17) is 0 Å². The number of aliphatic hydroxyl groups is 1. The van der Waals surface area contributed by atoms with Crippen LogP contribution in [0.25, 0.3) is 0 Å². The molecule has 0 spiro atoms. The minimum absolute atomic E-state index is 0.0646. The number of nitrogens with zero attached hydrogens (tertiary/aromatic N) is 2. The van der Waals surface area contributed by atoms with Gasteiger partial charge in [0.2, 0.25) is 11.8 Å². The molecule has 1 aliphatic heterocycles. The molecular formula is C20H28N2O3. The van der Waals surface area contributed by atoms with Crippen LogP contribution in [0.5, 0.6) is 0 Å². The lowest BCUT2D eigenvalue weighted by atomic mass is 9.97. The Labute approximate surface area is 149 Å². The summed E-state index contributed by atoms with van der Waals surface area (Å²) in [4.78, 5) is 28.8. The molecule has 1 aliphatic carbocycles. The highest BCUT2D eigenvalue weighted by atomic mass is 16.3. The molecule has 5 heteroatoms. The van der Waals surface area contributed by atoms with Crippen molar-refractivity contribution in [3.63, 3.8) is 0 Å². The molecule has 136 valence electrons. The van der Waals surface area contributed by atoms with Gasteiger partial charge in [0.15, 0.2) is 0 Å². The molecule has 3 atom stereocenters. The molecule has 3 rings (SSSR count). The number of hydrogen-bond donors (Lipinski definition) is 1. The van der Waals surface area contributed by atoms with Gasteiger partial charge in [0.05, 0.1) is 12.0 Å². The van der Waals surface area contributed by atoms with Gasteiger partial charge >= 0.3 is 0 Å². The Morgan fingerprint density at radius 1 is 1.08 bits per heavy atom. The number of carbonyl (C=O) groups excluding carboxylic acids is 2. The number of piperazine rings is 1. The van der Waals surface area contributed by atoms with E-state index in [9.17, 15) is 14.7 Å². The first-order chi connectivity index (χ1) is 12.1. The van der Waals surface area contributed by atoms with Crippen LogP contribution >= 0.6 is 0 Å². The molecule has 1 saturated heterocycles. The maximum Gasteiger partial charge on any atom is 0.228 e. The maximum atomic E-state index is 12.5. The molecule has 0 radical (unpaired) electrons. The van der Waals surface area contributed by atoms with Crippen LogP contribution in [0.1, 0.15) is 44.1 Å². The molecule has 0 bridgehead atoms. The van der Waals surface area contributed by atoms with Crippen molar-refractivity contribution in [3.8, 4) is 0 Å². The molecular weight excluding hydrogens is 316 g/mol. The number of hydrogen-bond acceptors (Lipinski definition) is 3. The largest absolute Gasteiger partial charge is 0.392 e. The van der Waals surface area contributed by atoms with Crippen LogP contribution in [0, 0.1) is 5.92 Å². The van der Waals surface area contributed by atoms with Gasteiger partial charge in [0.25, 0.3) is 0 Å². The van der Waals surface area contributed by atoms with E-state index in [1.54, 1.807) is 0 Å². The average Bonchev–Trinajstić information content (AvgIpc) is 3.08. The zero-order chi connectivity index (χ0) is 17.8. The van der Waals surface area contributed by atoms with Gasteiger partial charge in [0.1, 0.15) is 0 Å². The van der Waals surface area contributed by atoms with Crippen molar-refractivity contribution in [3.05, 3.63) is 35.9 Å². The Balaban J connectivity index is 1.48. The molecule has 1 saturated carbocycles. The smallest absolute Gasteiger partial charge is 0.228 e. The number of amides is 2. The molecule has 5 nitrogen and oxygen atoms in total. The van der Waals surface area contributed by atoms with Crippen molar-refractivity contribution in [1.82, 2.24) is 9.80 Å². The number of benzene rings is 1. The summed E-state index contributed by atoms with van der Waals surface area (Å²) >= 11 is 0. The molecule has 1 aromatic rings. The van der Waals surface area contributed by atoms with E-state index < -0.39 is 6.10 Å². The first-order valence-corrected chi connectivity index (χ1v) is 9.36. The van der Waals surface area contributed by atoms with Crippen molar-refractivity contribution in [2.45, 2.75) is 44.6 Å². The minimum Gasteiger partial charge on any atom is -0.392 e. The molecule has 2 fully saturated rings. The van der Waals surface area contributed by atoms with Crippen LogP contribution < -0.4 is 0 Å². The summed E-state index contributed by atoms with van der Waals surface area (Å²) in [5.74, 6) is 0.182. The van der Waals surface area contributed by atoms with E-state index >= 15 is 0 Å². The summed E-state index contributed by atoms with van der Waals surface area (Å²) < 4.78 is 0. The third-order valence-corrected chi connectivity index (χ3v) is 5.59. The number of carbonyl (C=O) groups is 2. The molecule has 0 unspecified atom stereocenters. The monoisotopic (exact) mass is 344 g/mol. The van der Waals surface area contributed by atoms with Crippen molar-refractivity contribution < 1.29 is 14.7 Å². The first kappa shape index (κ1) is 17.9. The van der Waals surface area contributed by atoms with E-state index in [1.165, 1.54) is 5.56 Å². The zero-order valence-electron chi connectivity index (χ0n) is 14.9. The van der Waals surface area contributed by atoms with Gasteiger partial charge in [-0.25, -0.2) is 0 Å². The second-order valence-electron chi connectivity index (χ2n) is 7.33. The zero-order valence-corrected chi connectivity index (χ0v) is 14.9. The standard InChI is InChI=1S/C20H28N2O3/c1-15(16-6-3-2-4-7-16)14-19(24)21-10-12-22(13-11-21)20(25)17-8-5-9-18(17)23/h2-4,6-7,15,17-18,23H,5,8-14H2,1H3/t15-,17-,18+/m1/s1. The lowest BCUT2D eigenvalue weighted by Crippen LogP contribution is -2.52. The Morgan fingerprint density at radius 2 is 1.72 bits per heavy atom. The van der Waals surface area contributed by atoms with Crippen molar-refractivity contribution in [2.24, 2.45) is 5.92 Å². The molecule has 2 aliphatic rings. The topological polar surface area (TPSA) is 60.9 Å². The number of rotatable bonds is 4. The van der Waals surface area contributed by atoms with Crippen LogP contribution in [0.3, 0.4) is 0 Å². The van der Waals surface area contributed by atoms with Gasteiger partial charge in [-0.05, 0) is 30.7 Å². The Hall–Kier alpha value is -1.88. The van der Waals surface area contributed by atoms with E-state index in [0.717, 1.165) is 19.3 Å². The Bertz CT molecular complexity index is 596. The quantitative estimate of drug-likeness (QED) is 0.909. The van der Waals surface area contributed by atoms with Crippen LogP contribution in [0.2, 0.25) is 0 Å². The lowest BCUT2D eigenvalue weighted by Gasteiger charge is -2.36. The van der Waals surface area contributed by atoms with Crippen LogP contribution in [0.4, 0.5) is 0 Å². The summed E-state index contributed by atoms with van der Waals surface area (Å²) in [5.41, 5.74) is 1.18. The molecule has 2 amide bonds. The Kier molecular flexibility index (Phi) is 5.74. The second kappa shape index (κ2) is 8.00. The summed E-state index contributed by atoms with van der Waals surface area (Å²) in [6.45, 7) is 4.42. The highest BCUT2D eigenvalue weighted by Gasteiger charge is 2.35. The van der Waals surface area contributed by atoms with Gasteiger partial charge in [-0.2, -0.15) is 0 Å². The van der Waals surface area contributed by atoms with Gasteiger partial charge in [-0.1, -0.05) is 37.3 Å². The average molecular weight is 344 g/mol. The molecule has 1 aromatic carbocycles. The first-order valence-electron chi connectivity index (χ1n) is 9.36. The summed E-state index contributed by atoms with van der Waals surface area (Å²) in [6, 6.07) is 10.1. The van der Waals surface area contributed by atoms with E-state index in [-0.39, 0.29) is 23.7 Å².